The monoisotopic (exact) mass is 454 g/mol. The summed E-state index contributed by atoms with van der Waals surface area (Å²) in [6.45, 7) is 15.8. The van der Waals surface area contributed by atoms with Gasteiger partial charge in [0.05, 0.1) is 6.10 Å². The van der Waals surface area contributed by atoms with Crippen molar-refractivity contribution in [1.82, 2.24) is 9.97 Å². The Morgan fingerprint density at radius 2 is 1.72 bits per heavy atom. The van der Waals surface area contributed by atoms with Gasteiger partial charge in [0, 0.05) is 11.1 Å². The zero-order chi connectivity index (χ0) is 21.8. The molecule has 0 aliphatic rings. The quantitative estimate of drug-likeness (QED) is 0.309. The Hall–Kier alpha value is -1.14. The molecule has 160 valence electrons. The van der Waals surface area contributed by atoms with Crippen LogP contribution in [0.25, 0.3) is 11.4 Å². The first kappa shape index (κ1) is 24.1. The molecular weight excluding hydrogens is 423 g/mol. The normalized spacial score (nSPS) is 13.4. The van der Waals surface area contributed by atoms with Crippen molar-refractivity contribution < 1.29 is 9.16 Å². The van der Waals surface area contributed by atoms with Crippen LogP contribution in [0.1, 0.15) is 46.1 Å². The first-order chi connectivity index (χ1) is 13.4. The van der Waals surface area contributed by atoms with Gasteiger partial charge in [0.15, 0.2) is 14.1 Å². The number of hydrogen-bond donors (Lipinski definition) is 0. The predicted molar refractivity (Wildman–Crippen MR) is 125 cm³/mol. The van der Waals surface area contributed by atoms with Crippen LogP contribution in [0.2, 0.25) is 28.4 Å². The molecule has 1 heterocycles. The van der Waals surface area contributed by atoms with E-state index in [2.05, 4.69) is 50.8 Å². The fourth-order valence-electron chi connectivity index (χ4n) is 2.60. The van der Waals surface area contributed by atoms with Crippen molar-refractivity contribution in [3.63, 3.8) is 0 Å². The van der Waals surface area contributed by atoms with Crippen LogP contribution < -0.4 is 4.74 Å². The van der Waals surface area contributed by atoms with Gasteiger partial charge in [0.25, 0.3) is 0 Å². The van der Waals surface area contributed by atoms with Crippen LogP contribution in [0, 0.1) is 6.92 Å². The highest BCUT2D eigenvalue weighted by Gasteiger charge is 2.39. The fourth-order valence-corrected chi connectivity index (χ4v) is 4.36. The van der Waals surface area contributed by atoms with E-state index in [1.807, 2.05) is 24.3 Å². The number of rotatable bonds is 8. The molecule has 2 rings (SSSR count). The van der Waals surface area contributed by atoms with Gasteiger partial charge >= 0.3 is 0 Å². The molecule has 0 unspecified atom stereocenters. The van der Waals surface area contributed by atoms with Gasteiger partial charge in [-0.15, -0.1) is 0 Å². The van der Waals surface area contributed by atoms with Gasteiger partial charge in [0.1, 0.15) is 22.7 Å². The molecule has 0 amide bonds. The lowest BCUT2D eigenvalue weighted by Crippen LogP contribution is -2.45. The first-order valence-electron chi connectivity index (χ1n) is 10.0. The molecule has 2 aromatic rings. The topological polar surface area (TPSA) is 44.2 Å². The van der Waals surface area contributed by atoms with E-state index in [9.17, 15) is 0 Å². The Kier molecular flexibility index (Phi) is 8.13. The molecule has 0 saturated heterocycles. The molecule has 1 aromatic carbocycles. The summed E-state index contributed by atoms with van der Waals surface area (Å²) in [7, 11) is -1.85. The second-order valence-electron chi connectivity index (χ2n) is 8.88. The van der Waals surface area contributed by atoms with E-state index < -0.39 is 8.32 Å². The number of aromatic nitrogens is 2. The van der Waals surface area contributed by atoms with Gasteiger partial charge in [-0.25, -0.2) is 9.97 Å². The van der Waals surface area contributed by atoms with Crippen LogP contribution in [0.3, 0.4) is 0 Å². The molecule has 0 bridgehead atoms. The van der Waals surface area contributed by atoms with Gasteiger partial charge in [-0.05, 0) is 43.6 Å². The predicted octanol–water partition coefficient (Wildman–Crippen LogP) is 7.33. The average Bonchev–Trinajstić information content (AvgIpc) is 2.63. The van der Waals surface area contributed by atoms with Crippen molar-refractivity contribution in [2.24, 2.45) is 0 Å². The van der Waals surface area contributed by atoms with Crippen molar-refractivity contribution in [3.05, 3.63) is 40.1 Å². The summed E-state index contributed by atoms with van der Waals surface area (Å²) in [4.78, 5) is 8.68. The third-order valence-electron chi connectivity index (χ3n) is 5.43. The maximum atomic E-state index is 6.58. The molecule has 1 aromatic heterocycles. The van der Waals surface area contributed by atoms with E-state index >= 15 is 0 Å². The number of halogens is 2. The molecule has 0 radical (unpaired) electrons. The van der Waals surface area contributed by atoms with Crippen molar-refractivity contribution in [3.8, 4) is 17.1 Å². The number of ether oxygens (including phenoxy) is 1. The Morgan fingerprint density at radius 1 is 1.10 bits per heavy atom. The Balaban J connectivity index is 2.14. The molecule has 0 spiro atoms. The maximum Gasteiger partial charge on any atom is 0.192 e. The molecule has 4 nitrogen and oxygen atoms in total. The van der Waals surface area contributed by atoms with Crippen LogP contribution >= 0.6 is 23.2 Å². The van der Waals surface area contributed by atoms with Crippen molar-refractivity contribution in [2.75, 3.05) is 6.61 Å². The van der Waals surface area contributed by atoms with Crippen molar-refractivity contribution >= 4 is 31.5 Å². The minimum absolute atomic E-state index is 0.0732. The average molecular weight is 456 g/mol. The van der Waals surface area contributed by atoms with Gasteiger partial charge in [0.2, 0.25) is 0 Å². The summed E-state index contributed by atoms with van der Waals surface area (Å²) in [5, 5.41) is 0.884. The molecule has 0 saturated carbocycles. The number of hydrogen-bond acceptors (Lipinski definition) is 4. The van der Waals surface area contributed by atoms with Crippen LogP contribution in [0.15, 0.2) is 24.3 Å². The number of nitrogens with zero attached hydrogens (tertiary/aromatic N) is 2. The molecular formula is C22H32Cl2N2O2Si. The van der Waals surface area contributed by atoms with Crippen LogP contribution in [-0.2, 0) is 4.43 Å². The lowest BCUT2D eigenvalue weighted by atomic mass is 10.2. The molecule has 0 N–H and O–H groups in total. The van der Waals surface area contributed by atoms with E-state index in [0.29, 0.717) is 28.3 Å². The van der Waals surface area contributed by atoms with E-state index in [1.54, 1.807) is 6.92 Å². The zero-order valence-corrected chi connectivity index (χ0v) is 21.0. The van der Waals surface area contributed by atoms with E-state index in [1.165, 1.54) is 0 Å². The summed E-state index contributed by atoms with van der Waals surface area (Å²) in [6, 6.07) is 7.67. The van der Waals surface area contributed by atoms with E-state index in [0.717, 1.165) is 24.2 Å². The lowest BCUT2D eigenvalue weighted by Gasteiger charge is -2.39. The summed E-state index contributed by atoms with van der Waals surface area (Å²) in [6.07, 6.45) is 2.10. The van der Waals surface area contributed by atoms with Crippen LogP contribution in [0.4, 0.5) is 0 Å². The minimum Gasteiger partial charge on any atom is -0.491 e. The molecule has 1 atom stereocenters. The standard InChI is InChI=1S/C22H32Cl2N2O2Si/c1-8-10-18(28-29(6,7)22(3,4)5)14-27-17-12-9-11-16(13-17)21-25-19(23)15(2)20(24)26-21/h9,11-13,18H,8,10,14H2,1-7H3/t18-/m1/s1. The van der Waals surface area contributed by atoms with Gasteiger partial charge in [-0.2, -0.15) is 0 Å². The Bertz CT molecular complexity index is 815. The lowest BCUT2D eigenvalue weighted by molar-refractivity contribution is 0.107. The summed E-state index contributed by atoms with van der Waals surface area (Å²) in [5.41, 5.74) is 1.48. The van der Waals surface area contributed by atoms with Gasteiger partial charge in [-0.1, -0.05) is 69.5 Å². The molecule has 0 fully saturated rings. The second kappa shape index (κ2) is 9.78. The highest BCUT2D eigenvalue weighted by molar-refractivity contribution is 6.74. The molecule has 29 heavy (non-hydrogen) atoms. The largest absolute Gasteiger partial charge is 0.491 e. The summed E-state index contributed by atoms with van der Waals surface area (Å²) >= 11 is 12.3. The maximum absolute atomic E-state index is 6.58. The minimum atomic E-state index is -1.85. The van der Waals surface area contributed by atoms with E-state index in [4.69, 9.17) is 32.4 Å². The van der Waals surface area contributed by atoms with Crippen LogP contribution in [-0.4, -0.2) is 31.0 Å². The first-order valence-corrected chi connectivity index (χ1v) is 13.7. The summed E-state index contributed by atoms with van der Waals surface area (Å²) in [5.74, 6) is 1.23. The van der Waals surface area contributed by atoms with Crippen molar-refractivity contribution in [2.45, 2.75) is 71.7 Å². The highest BCUT2D eigenvalue weighted by Crippen LogP contribution is 2.38. The molecule has 7 heteroatoms. The third-order valence-corrected chi connectivity index (χ3v) is 10.7. The smallest absolute Gasteiger partial charge is 0.192 e. The van der Waals surface area contributed by atoms with Crippen LogP contribution in [0.5, 0.6) is 5.75 Å². The van der Waals surface area contributed by atoms with E-state index in [-0.39, 0.29) is 11.1 Å². The highest BCUT2D eigenvalue weighted by atomic mass is 35.5. The molecule has 0 aliphatic carbocycles. The fraction of sp³-hybridized carbons (Fsp3) is 0.545. The van der Waals surface area contributed by atoms with Gasteiger partial charge in [-0.3, -0.25) is 0 Å². The Labute approximate surface area is 186 Å². The molecule has 0 aliphatic heterocycles. The SMILES string of the molecule is CCC[C@H](COc1cccc(-c2nc(Cl)c(C)c(Cl)n2)c1)O[Si](C)(C)C(C)(C)C. The zero-order valence-electron chi connectivity index (χ0n) is 18.5. The number of benzene rings is 1. The summed E-state index contributed by atoms with van der Waals surface area (Å²) < 4.78 is 12.7. The Morgan fingerprint density at radius 3 is 2.28 bits per heavy atom. The third kappa shape index (κ3) is 6.42. The second-order valence-corrected chi connectivity index (χ2v) is 14.4. The van der Waals surface area contributed by atoms with Gasteiger partial charge < -0.3 is 9.16 Å². The van der Waals surface area contributed by atoms with Crippen molar-refractivity contribution in [1.29, 1.82) is 0 Å².